The molecule has 3 rings (SSSR count). The summed E-state index contributed by atoms with van der Waals surface area (Å²) in [6, 6.07) is 9.26. The molecule has 1 heterocycles. The van der Waals surface area contributed by atoms with Crippen molar-refractivity contribution in [3.8, 4) is 5.75 Å². The SMILES string of the molecule is COc1ccc(F)cc1COC(=O)[C@H](C)N=C1NS(=O)(=O)c2ccccc21. The molecule has 0 fully saturated rings. The number of fused-ring (bicyclic) bond motifs is 1. The van der Waals surface area contributed by atoms with E-state index in [9.17, 15) is 17.6 Å². The number of hydrogen-bond donors (Lipinski definition) is 1. The normalized spacial score (nSPS) is 17.1. The predicted molar refractivity (Wildman–Crippen MR) is 95.5 cm³/mol. The Kier molecular flexibility index (Phi) is 5.13. The Morgan fingerprint density at radius 3 is 2.74 bits per heavy atom. The maximum Gasteiger partial charge on any atom is 0.330 e. The lowest BCUT2D eigenvalue weighted by atomic mass is 10.2. The van der Waals surface area contributed by atoms with Gasteiger partial charge in [-0.15, -0.1) is 0 Å². The first-order valence-electron chi connectivity index (χ1n) is 8.01. The van der Waals surface area contributed by atoms with Crippen molar-refractivity contribution >= 4 is 21.8 Å². The first kappa shape index (κ1) is 18.8. The van der Waals surface area contributed by atoms with Gasteiger partial charge >= 0.3 is 5.97 Å². The highest BCUT2D eigenvalue weighted by atomic mass is 32.2. The molecule has 0 amide bonds. The van der Waals surface area contributed by atoms with E-state index in [-0.39, 0.29) is 17.3 Å². The molecule has 1 atom stereocenters. The summed E-state index contributed by atoms with van der Waals surface area (Å²) in [6.45, 7) is 1.28. The molecule has 0 saturated carbocycles. The number of aliphatic imine (C=N–C) groups is 1. The second kappa shape index (κ2) is 7.36. The van der Waals surface area contributed by atoms with Gasteiger partial charge in [-0.1, -0.05) is 12.1 Å². The third-order valence-corrected chi connectivity index (χ3v) is 5.34. The topological polar surface area (TPSA) is 94.1 Å². The Morgan fingerprint density at radius 2 is 2.00 bits per heavy atom. The summed E-state index contributed by atoms with van der Waals surface area (Å²) in [5, 5.41) is 0. The molecule has 1 aliphatic heterocycles. The number of nitrogens with one attached hydrogen (secondary N) is 1. The molecule has 9 heteroatoms. The number of ether oxygens (including phenoxy) is 2. The Hall–Kier alpha value is -2.94. The molecule has 27 heavy (non-hydrogen) atoms. The summed E-state index contributed by atoms with van der Waals surface area (Å²) < 4.78 is 50.1. The number of nitrogens with zero attached hydrogens (tertiary/aromatic N) is 1. The van der Waals surface area contributed by atoms with Crippen molar-refractivity contribution in [2.75, 3.05) is 7.11 Å². The van der Waals surface area contributed by atoms with Gasteiger partial charge in [0.1, 0.15) is 30.1 Å². The summed E-state index contributed by atoms with van der Waals surface area (Å²) in [7, 11) is -2.26. The molecule has 0 saturated heterocycles. The first-order valence-corrected chi connectivity index (χ1v) is 9.49. The Bertz CT molecular complexity index is 1020. The third-order valence-electron chi connectivity index (χ3n) is 3.94. The Balaban J connectivity index is 1.74. The van der Waals surface area contributed by atoms with Crippen LogP contribution < -0.4 is 9.46 Å². The molecule has 1 aliphatic rings. The van der Waals surface area contributed by atoms with Gasteiger partial charge in [0.15, 0.2) is 0 Å². The van der Waals surface area contributed by atoms with Gasteiger partial charge in [0.25, 0.3) is 10.0 Å². The summed E-state index contributed by atoms with van der Waals surface area (Å²) in [6.07, 6.45) is 0. The molecule has 7 nitrogen and oxygen atoms in total. The highest BCUT2D eigenvalue weighted by molar-refractivity contribution is 7.90. The average Bonchev–Trinajstić information content (AvgIpc) is 2.90. The fraction of sp³-hybridized carbons (Fsp3) is 0.222. The van der Waals surface area contributed by atoms with Crippen molar-refractivity contribution < 1.29 is 27.1 Å². The smallest absolute Gasteiger partial charge is 0.330 e. The number of rotatable bonds is 5. The van der Waals surface area contributed by atoms with Crippen molar-refractivity contribution in [1.82, 2.24) is 4.72 Å². The van der Waals surface area contributed by atoms with Crippen molar-refractivity contribution in [2.24, 2.45) is 4.99 Å². The second-order valence-electron chi connectivity index (χ2n) is 5.82. The standard InChI is InChI=1S/C18H17FN2O5S/c1-11(18(22)26-10-12-9-13(19)7-8-15(12)25-2)20-17-14-5-3-4-6-16(14)27(23,24)21-17/h3-9,11H,10H2,1-2H3,(H,20,21)/t11-/m0/s1. The molecule has 142 valence electrons. The van der Waals surface area contributed by atoms with Crippen LogP contribution in [-0.4, -0.2) is 33.4 Å². The highest BCUT2D eigenvalue weighted by Gasteiger charge is 2.31. The largest absolute Gasteiger partial charge is 0.496 e. The zero-order valence-electron chi connectivity index (χ0n) is 14.6. The van der Waals surface area contributed by atoms with E-state index in [0.717, 1.165) is 0 Å². The minimum atomic E-state index is -3.69. The number of methoxy groups -OCH3 is 1. The molecule has 0 radical (unpaired) electrons. The minimum Gasteiger partial charge on any atom is -0.496 e. The average molecular weight is 392 g/mol. The van der Waals surface area contributed by atoms with Gasteiger partial charge in [0, 0.05) is 11.1 Å². The van der Waals surface area contributed by atoms with Crippen molar-refractivity contribution in [1.29, 1.82) is 0 Å². The van der Waals surface area contributed by atoms with Crippen LogP contribution in [-0.2, 0) is 26.2 Å². The number of esters is 1. The predicted octanol–water partition coefficient (Wildman–Crippen LogP) is 2.00. The van der Waals surface area contributed by atoms with Gasteiger partial charge in [0.05, 0.1) is 12.0 Å². The van der Waals surface area contributed by atoms with E-state index < -0.39 is 27.9 Å². The summed E-state index contributed by atoms with van der Waals surface area (Å²) in [5.41, 5.74) is 0.765. The van der Waals surface area contributed by atoms with Gasteiger partial charge in [-0.2, -0.15) is 0 Å². The quantitative estimate of drug-likeness (QED) is 0.786. The van der Waals surface area contributed by atoms with E-state index in [1.165, 1.54) is 38.3 Å². The lowest BCUT2D eigenvalue weighted by Crippen LogP contribution is -2.26. The van der Waals surface area contributed by atoms with E-state index >= 15 is 0 Å². The number of hydrogen-bond acceptors (Lipinski definition) is 6. The van der Waals surface area contributed by atoms with E-state index in [2.05, 4.69) is 9.71 Å². The molecule has 0 bridgehead atoms. The number of carbonyl (C=O) groups excluding carboxylic acids is 1. The lowest BCUT2D eigenvalue weighted by Gasteiger charge is -2.11. The summed E-state index contributed by atoms with van der Waals surface area (Å²) in [4.78, 5) is 16.5. The van der Waals surface area contributed by atoms with E-state index in [1.54, 1.807) is 18.2 Å². The van der Waals surface area contributed by atoms with E-state index in [0.29, 0.717) is 16.9 Å². The molecule has 2 aromatic rings. The van der Waals surface area contributed by atoms with Crippen LogP contribution >= 0.6 is 0 Å². The Morgan fingerprint density at radius 1 is 1.26 bits per heavy atom. The van der Waals surface area contributed by atoms with Gasteiger partial charge in [-0.05, 0) is 37.3 Å². The molecule has 2 aromatic carbocycles. The molecular formula is C18H17FN2O5S. The monoisotopic (exact) mass is 392 g/mol. The minimum absolute atomic E-state index is 0.0818. The number of sulfonamides is 1. The van der Waals surface area contributed by atoms with E-state index in [1.807, 2.05) is 0 Å². The summed E-state index contributed by atoms with van der Waals surface area (Å²) in [5.74, 6) is -0.691. The molecule has 0 aliphatic carbocycles. The zero-order chi connectivity index (χ0) is 19.6. The number of benzene rings is 2. The van der Waals surface area contributed by atoms with E-state index in [4.69, 9.17) is 9.47 Å². The highest BCUT2D eigenvalue weighted by Crippen LogP contribution is 2.23. The lowest BCUT2D eigenvalue weighted by molar-refractivity contribution is -0.146. The van der Waals surface area contributed by atoms with Crippen LogP contribution in [0.5, 0.6) is 5.75 Å². The fourth-order valence-corrected chi connectivity index (χ4v) is 3.84. The van der Waals surface area contributed by atoms with Crippen LogP contribution in [0.4, 0.5) is 4.39 Å². The van der Waals surface area contributed by atoms with Crippen molar-refractivity contribution in [3.05, 3.63) is 59.4 Å². The van der Waals surface area contributed by atoms with Gasteiger partial charge < -0.3 is 9.47 Å². The van der Waals surface area contributed by atoms with Crippen LogP contribution in [0.3, 0.4) is 0 Å². The maximum absolute atomic E-state index is 13.4. The zero-order valence-corrected chi connectivity index (χ0v) is 15.4. The molecule has 0 aromatic heterocycles. The number of halogens is 1. The van der Waals surface area contributed by atoms with Crippen molar-refractivity contribution in [3.63, 3.8) is 0 Å². The first-order chi connectivity index (χ1) is 12.8. The number of carbonyl (C=O) groups is 1. The van der Waals surface area contributed by atoms with Crippen LogP contribution in [0.1, 0.15) is 18.1 Å². The van der Waals surface area contributed by atoms with Crippen LogP contribution in [0.25, 0.3) is 0 Å². The molecular weight excluding hydrogens is 375 g/mol. The van der Waals surface area contributed by atoms with Crippen molar-refractivity contribution in [2.45, 2.75) is 24.5 Å². The van der Waals surface area contributed by atoms with Crippen LogP contribution in [0.2, 0.25) is 0 Å². The summed E-state index contributed by atoms with van der Waals surface area (Å²) >= 11 is 0. The van der Waals surface area contributed by atoms with Gasteiger partial charge in [-0.3, -0.25) is 9.71 Å². The second-order valence-corrected chi connectivity index (χ2v) is 7.47. The fourth-order valence-electron chi connectivity index (χ4n) is 2.61. The molecule has 1 N–H and O–H groups in total. The third kappa shape index (κ3) is 3.92. The maximum atomic E-state index is 13.4. The molecule has 0 unspecified atom stereocenters. The van der Waals surface area contributed by atoms with Crippen LogP contribution in [0, 0.1) is 5.82 Å². The van der Waals surface area contributed by atoms with Gasteiger partial charge in [0.2, 0.25) is 0 Å². The van der Waals surface area contributed by atoms with Crippen LogP contribution in [0.15, 0.2) is 52.4 Å². The van der Waals surface area contributed by atoms with Gasteiger partial charge in [-0.25, -0.2) is 17.6 Å². The number of amidine groups is 1. The molecule has 0 spiro atoms. The Labute approximate surface area is 155 Å².